The third-order valence-electron chi connectivity index (χ3n) is 4.69. The molecule has 1 amide bonds. The van der Waals surface area contributed by atoms with Crippen LogP contribution in [0, 0.1) is 6.92 Å². The van der Waals surface area contributed by atoms with Gasteiger partial charge in [-0.25, -0.2) is 0 Å². The lowest BCUT2D eigenvalue weighted by Crippen LogP contribution is -2.31. The molecule has 0 radical (unpaired) electrons. The van der Waals surface area contributed by atoms with Crippen LogP contribution in [0.15, 0.2) is 36.4 Å². The summed E-state index contributed by atoms with van der Waals surface area (Å²) in [6.45, 7) is 5.63. The van der Waals surface area contributed by atoms with Crippen LogP contribution < -0.4 is 10.1 Å². The molecule has 152 valence electrons. The molecule has 7 heteroatoms. The highest BCUT2D eigenvalue weighted by Crippen LogP contribution is 2.35. The van der Waals surface area contributed by atoms with Gasteiger partial charge in [-0.1, -0.05) is 23.2 Å². The van der Waals surface area contributed by atoms with Gasteiger partial charge >= 0.3 is 0 Å². The van der Waals surface area contributed by atoms with Crippen LogP contribution in [-0.2, 0) is 11.2 Å². The van der Waals surface area contributed by atoms with E-state index in [2.05, 4.69) is 5.32 Å². The number of rotatable bonds is 5. The second-order valence-corrected chi connectivity index (χ2v) is 7.96. The normalized spacial score (nSPS) is 11.1. The van der Waals surface area contributed by atoms with Gasteiger partial charge in [0.05, 0.1) is 24.1 Å². The second kappa shape index (κ2) is 8.47. The van der Waals surface area contributed by atoms with E-state index in [4.69, 9.17) is 27.9 Å². The summed E-state index contributed by atoms with van der Waals surface area (Å²) < 4.78 is 6.93. The van der Waals surface area contributed by atoms with Crippen molar-refractivity contribution in [2.45, 2.75) is 33.2 Å². The maximum absolute atomic E-state index is 13.3. The minimum atomic E-state index is -0.221. The standard InChI is InChI=1S/C22H22Cl2N2O3/c1-12(2)25-21(27)10-16-13(3)26(22(28)14-5-7-15(23)8-6-14)19-11-18(24)20(29-4)9-17(16)19/h5-9,11-12H,10H2,1-4H3,(H,25,27). The molecule has 0 aliphatic rings. The molecule has 29 heavy (non-hydrogen) atoms. The van der Waals surface area contributed by atoms with Gasteiger partial charge < -0.3 is 10.1 Å². The van der Waals surface area contributed by atoms with Crippen LogP contribution in [-0.4, -0.2) is 29.5 Å². The number of carbonyl (C=O) groups excluding carboxylic acids is 2. The zero-order chi connectivity index (χ0) is 21.3. The first-order valence-corrected chi connectivity index (χ1v) is 9.95. The van der Waals surface area contributed by atoms with Crippen molar-refractivity contribution in [2.75, 3.05) is 7.11 Å². The number of hydrogen-bond acceptors (Lipinski definition) is 3. The number of halogens is 2. The molecule has 3 rings (SSSR count). The SMILES string of the molecule is COc1cc2c(CC(=O)NC(C)C)c(C)n(C(=O)c3ccc(Cl)cc3)c2cc1Cl. The largest absolute Gasteiger partial charge is 0.495 e. The van der Waals surface area contributed by atoms with Gasteiger partial charge in [-0.3, -0.25) is 14.2 Å². The Morgan fingerprint density at radius 2 is 1.79 bits per heavy atom. The van der Waals surface area contributed by atoms with Gasteiger partial charge in [0.25, 0.3) is 5.91 Å². The van der Waals surface area contributed by atoms with Gasteiger partial charge in [0.2, 0.25) is 5.91 Å². The highest BCUT2D eigenvalue weighted by Gasteiger charge is 2.23. The van der Waals surface area contributed by atoms with E-state index in [1.165, 1.54) is 7.11 Å². The molecule has 0 bridgehead atoms. The summed E-state index contributed by atoms with van der Waals surface area (Å²) in [5, 5.41) is 4.59. The van der Waals surface area contributed by atoms with Crippen LogP contribution >= 0.6 is 23.2 Å². The average Bonchev–Trinajstić information content (AvgIpc) is 2.91. The van der Waals surface area contributed by atoms with Crippen molar-refractivity contribution in [3.8, 4) is 5.75 Å². The van der Waals surface area contributed by atoms with Gasteiger partial charge in [0.1, 0.15) is 5.75 Å². The zero-order valence-electron chi connectivity index (χ0n) is 16.7. The smallest absolute Gasteiger partial charge is 0.262 e. The number of ether oxygens (including phenoxy) is 1. The lowest BCUT2D eigenvalue weighted by molar-refractivity contribution is -0.120. The van der Waals surface area contributed by atoms with E-state index in [1.54, 1.807) is 41.0 Å². The summed E-state index contributed by atoms with van der Waals surface area (Å²) in [6.07, 6.45) is 0.145. The van der Waals surface area contributed by atoms with E-state index in [1.807, 2.05) is 20.8 Å². The number of hydrogen-bond donors (Lipinski definition) is 1. The summed E-state index contributed by atoms with van der Waals surface area (Å²) in [6, 6.07) is 10.2. The van der Waals surface area contributed by atoms with Crippen molar-refractivity contribution >= 4 is 45.9 Å². The van der Waals surface area contributed by atoms with E-state index in [0.29, 0.717) is 32.6 Å². The number of benzene rings is 2. The molecule has 1 aromatic heterocycles. The van der Waals surface area contributed by atoms with Gasteiger partial charge in [-0.15, -0.1) is 0 Å². The Hall–Kier alpha value is -2.50. The van der Waals surface area contributed by atoms with Gasteiger partial charge in [-0.05, 0) is 62.7 Å². The monoisotopic (exact) mass is 432 g/mol. The van der Waals surface area contributed by atoms with Crippen LogP contribution in [0.3, 0.4) is 0 Å². The Labute approximate surface area is 179 Å². The fourth-order valence-corrected chi connectivity index (χ4v) is 3.74. The predicted molar refractivity (Wildman–Crippen MR) is 116 cm³/mol. The summed E-state index contributed by atoms with van der Waals surface area (Å²) >= 11 is 12.3. The molecule has 0 fully saturated rings. The lowest BCUT2D eigenvalue weighted by Gasteiger charge is -2.09. The van der Waals surface area contributed by atoms with E-state index >= 15 is 0 Å². The van der Waals surface area contributed by atoms with E-state index in [0.717, 1.165) is 10.9 Å². The summed E-state index contributed by atoms with van der Waals surface area (Å²) in [5.41, 5.74) is 2.55. The highest BCUT2D eigenvalue weighted by atomic mass is 35.5. The first-order valence-electron chi connectivity index (χ1n) is 9.20. The molecule has 0 atom stereocenters. The Morgan fingerprint density at radius 1 is 1.14 bits per heavy atom. The number of nitrogens with one attached hydrogen (secondary N) is 1. The second-order valence-electron chi connectivity index (χ2n) is 7.11. The number of aromatic nitrogens is 1. The summed E-state index contributed by atoms with van der Waals surface area (Å²) in [5.74, 6) is 0.150. The van der Waals surface area contributed by atoms with Gasteiger partial charge in [-0.2, -0.15) is 0 Å². The fraction of sp³-hybridized carbons (Fsp3) is 0.273. The van der Waals surface area contributed by atoms with E-state index in [-0.39, 0.29) is 24.3 Å². The van der Waals surface area contributed by atoms with Crippen LogP contribution in [0.5, 0.6) is 5.75 Å². The minimum absolute atomic E-state index is 0.0239. The Balaban J connectivity index is 2.20. The van der Waals surface area contributed by atoms with Crippen molar-refractivity contribution in [1.82, 2.24) is 9.88 Å². The Bertz CT molecular complexity index is 1090. The zero-order valence-corrected chi connectivity index (χ0v) is 18.2. The number of carbonyl (C=O) groups is 2. The number of methoxy groups -OCH3 is 1. The van der Waals surface area contributed by atoms with Crippen molar-refractivity contribution in [3.05, 3.63) is 63.3 Å². The number of fused-ring (bicyclic) bond motifs is 1. The number of nitrogens with zero attached hydrogens (tertiary/aromatic N) is 1. The Morgan fingerprint density at radius 3 is 2.38 bits per heavy atom. The van der Waals surface area contributed by atoms with Crippen molar-refractivity contribution in [3.63, 3.8) is 0 Å². The molecule has 0 aliphatic carbocycles. The van der Waals surface area contributed by atoms with Crippen molar-refractivity contribution in [2.24, 2.45) is 0 Å². The molecule has 5 nitrogen and oxygen atoms in total. The lowest BCUT2D eigenvalue weighted by atomic mass is 10.1. The van der Waals surface area contributed by atoms with Crippen LogP contribution in [0.25, 0.3) is 10.9 Å². The van der Waals surface area contributed by atoms with Crippen LogP contribution in [0.1, 0.15) is 35.5 Å². The molecule has 0 aliphatic heterocycles. The summed E-state index contributed by atoms with van der Waals surface area (Å²) in [7, 11) is 1.53. The van der Waals surface area contributed by atoms with Gasteiger partial charge in [0, 0.05) is 27.7 Å². The molecular weight excluding hydrogens is 411 g/mol. The molecule has 0 unspecified atom stereocenters. The predicted octanol–water partition coefficient (Wildman–Crippen LogP) is 5.02. The maximum Gasteiger partial charge on any atom is 0.262 e. The third-order valence-corrected chi connectivity index (χ3v) is 5.24. The van der Waals surface area contributed by atoms with Crippen molar-refractivity contribution in [1.29, 1.82) is 0 Å². The van der Waals surface area contributed by atoms with E-state index in [9.17, 15) is 9.59 Å². The molecule has 3 aromatic rings. The van der Waals surface area contributed by atoms with Crippen LogP contribution in [0.4, 0.5) is 0 Å². The molecule has 1 N–H and O–H groups in total. The molecule has 0 saturated carbocycles. The maximum atomic E-state index is 13.3. The first kappa shape index (κ1) is 21.2. The fourth-order valence-electron chi connectivity index (χ4n) is 3.38. The van der Waals surface area contributed by atoms with Crippen LogP contribution in [0.2, 0.25) is 10.0 Å². The molecule has 0 saturated heterocycles. The molecule has 1 heterocycles. The third kappa shape index (κ3) is 4.26. The number of amides is 1. The van der Waals surface area contributed by atoms with Gasteiger partial charge in [0.15, 0.2) is 0 Å². The molecule has 0 spiro atoms. The summed E-state index contributed by atoms with van der Waals surface area (Å²) in [4.78, 5) is 25.7. The first-order chi connectivity index (χ1) is 13.7. The highest BCUT2D eigenvalue weighted by molar-refractivity contribution is 6.33. The Kier molecular flexibility index (Phi) is 6.20. The average molecular weight is 433 g/mol. The van der Waals surface area contributed by atoms with E-state index < -0.39 is 0 Å². The van der Waals surface area contributed by atoms with Crippen molar-refractivity contribution < 1.29 is 14.3 Å². The minimum Gasteiger partial charge on any atom is -0.495 e. The molecular formula is C22H22Cl2N2O3. The quantitative estimate of drug-likeness (QED) is 0.615. The topological polar surface area (TPSA) is 60.3 Å². The molecule has 2 aromatic carbocycles.